The van der Waals surface area contributed by atoms with E-state index in [-0.39, 0.29) is 29.4 Å². The average Bonchev–Trinajstić information content (AvgIpc) is 3.12. The Kier molecular flexibility index (Phi) is 4.67. The van der Waals surface area contributed by atoms with Crippen LogP contribution in [0.5, 0.6) is 0 Å². The number of nitrogens with zero attached hydrogens (tertiary/aromatic N) is 3. The van der Waals surface area contributed by atoms with Gasteiger partial charge in [0.05, 0.1) is 29.5 Å². The van der Waals surface area contributed by atoms with Gasteiger partial charge in [0.15, 0.2) is 9.84 Å². The molecule has 23 heavy (non-hydrogen) atoms. The highest BCUT2D eigenvalue weighted by atomic mass is 32.2. The standard InChI is InChI=1S/C14H22N4O4S/c1-22-6-5-18(11-4-7-23(20,21)9-11)14(19)10-2-3-12-13(8-10)16-17-15-12/h10-11H,2-9H2,1H3,(H,15,16,17). The SMILES string of the molecule is COCCN(C(=O)C1CCc2n[nH]nc2C1)C1CCS(=O)(=O)C1. The van der Waals surface area contributed by atoms with Gasteiger partial charge in [-0.15, -0.1) is 0 Å². The summed E-state index contributed by atoms with van der Waals surface area (Å²) >= 11 is 0. The summed E-state index contributed by atoms with van der Waals surface area (Å²) in [6, 6.07) is -0.235. The average molecular weight is 342 g/mol. The van der Waals surface area contributed by atoms with Gasteiger partial charge in [0, 0.05) is 32.0 Å². The zero-order valence-corrected chi connectivity index (χ0v) is 14.0. The monoisotopic (exact) mass is 342 g/mol. The van der Waals surface area contributed by atoms with Crippen molar-refractivity contribution in [2.45, 2.75) is 31.7 Å². The summed E-state index contributed by atoms with van der Waals surface area (Å²) in [5.41, 5.74) is 1.78. The Balaban J connectivity index is 1.73. The molecule has 1 N–H and O–H groups in total. The number of aromatic nitrogens is 3. The Bertz CT molecular complexity index is 672. The number of aryl methyl sites for hydroxylation is 1. The van der Waals surface area contributed by atoms with Gasteiger partial charge in [0.25, 0.3) is 0 Å². The number of sulfone groups is 1. The third kappa shape index (κ3) is 3.55. The molecular formula is C14H22N4O4S. The Morgan fingerprint density at radius 3 is 2.83 bits per heavy atom. The molecule has 1 saturated heterocycles. The molecule has 1 aliphatic carbocycles. The van der Waals surface area contributed by atoms with E-state index >= 15 is 0 Å². The van der Waals surface area contributed by atoms with E-state index in [9.17, 15) is 13.2 Å². The van der Waals surface area contributed by atoms with Gasteiger partial charge in [-0.25, -0.2) is 8.42 Å². The molecule has 2 atom stereocenters. The Labute approximate surface area is 135 Å². The summed E-state index contributed by atoms with van der Waals surface area (Å²) in [6.45, 7) is 0.835. The van der Waals surface area contributed by atoms with Gasteiger partial charge in [0.2, 0.25) is 5.91 Å². The van der Waals surface area contributed by atoms with Crippen molar-refractivity contribution in [3.63, 3.8) is 0 Å². The molecule has 0 saturated carbocycles. The summed E-state index contributed by atoms with van der Waals surface area (Å²) in [5, 5.41) is 10.8. The summed E-state index contributed by atoms with van der Waals surface area (Å²) in [5.74, 6) is 0.0715. The van der Waals surface area contributed by atoms with Crippen molar-refractivity contribution in [3.05, 3.63) is 11.4 Å². The number of aromatic amines is 1. The lowest BCUT2D eigenvalue weighted by Crippen LogP contribution is -2.47. The van der Waals surface area contributed by atoms with Gasteiger partial charge >= 0.3 is 0 Å². The van der Waals surface area contributed by atoms with Crippen LogP contribution in [-0.2, 0) is 32.2 Å². The highest BCUT2D eigenvalue weighted by molar-refractivity contribution is 7.91. The fraction of sp³-hybridized carbons (Fsp3) is 0.786. The van der Waals surface area contributed by atoms with Gasteiger partial charge in [-0.3, -0.25) is 4.79 Å². The quantitative estimate of drug-likeness (QED) is 0.778. The second-order valence-electron chi connectivity index (χ2n) is 6.24. The highest BCUT2D eigenvalue weighted by Crippen LogP contribution is 2.26. The molecule has 1 fully saturated rings. The number of fused-ring (bicyclic) bond motifs is 1. The molecule has 2 heterocycles. The number of nitrogens with one attached hydrogen (secondary N) is 1. The van der Waals surface area contributed by atoms with Crippen molar-refractivity contribution < 1.29 is 17.9 Å². The van der Waals surface area contributed by atoms with Gasteiger partial charge in [-0.05, 0) is 19.3 Å². The third-order valence-corrected chi connectivity index (χ3v) is 6.44. The van der Waals surface area contributed by atoms with Crippen LogP contribution in [0.4, 0.5) is 0 Å². The molecule has 0 spiro atoms. The highest BCUT2D eigenvalue weighted by Gasteiger charge is 2.38. The van der Waals surface area contributed by atoms with Crippen molar-refractivity contribution in [1.82, 2.24) is 20.3 Å². The number of ether oxygens (including phenoxy) is 1. The van der Waals surface area contributed by atoms with Crippen LogP contribution in [0.2, 0.25) is 0 Å². The Morgan fingerprint density at radius 2 is 2.13 bits per heavy atom. The maximum Gasteiger partial charge on any atom is 0.226 e. The van der Waals surface area contributed by atoms with Crippen molar-refractivity contribution >= 4 is 15.7 Å². The van der Waals surface area contributed by atoms with Gasteiger partial charge in [0.1, 0.15) is 0 Å². The lowest BCUT2D eigenvalue weighted by Gasteiger charge is -2.32. The first-order valence-corrected chi connectivity index (χ1v) is 9.70. The second-order valence-corrected chi connectivity index (χ2v) is 8.47. The molecule has 1 amide bonds. The van der Waals surface area contributed by atoms with Crippen molar-refractivity contribution in [3.8, 4) is 0 Å². The summed E-state index contributed by atoms with van der Waals surface area (Å²) in [6.07, 6.45) is 2.53. The minimum absolute atomic E-state index is 0.0119. The topological polar surface area (TPSA) is 105 Å². The van der Waals surface area contributed by atoms with Crippen LogP contribution in [-0.4, -0.2) is 72.4 Å². The zero-order chi connectivity index (χ0) is 16.4. The molecule has 9 heteroatoms. The third-order valence-electron chi connectivity index (χ3n) is 4.69. The number of rotatable bonds is 5. The van der Waals surface area contributed by atoms with E-state index in [4.69, 9.17) is 4.74 Å². The fourth-order valence-corrected chi connectivity index (χ4v) is 5.14. The van der Waals surface area contributed by atoms with Crippen LogP contribution in [0.25, 0.3) is 0 Å². The summed E-state index contributed by atoms with van der Waals surface area (Å²) < 4.78 is 28.6. The predicted octanol–water partition coefficient (Wildman–Crippen LogP) is -0.428. The molecule has 1 aliphatic heterocycles. The van der Waals surface area contributed by atoms with Crippen LogP contribution in [0.1, 0.15) is 24.2 Å². The Hall–Kier alpha value is -1.48. The summed E-state index contributed by atoms with van der Waals surface area (Å²) in [4.78, 5) is 14.7. The normalized spacial score (nSPS) is 26.0. The largest absolute Gasteiger partial charge is 0.383 e. The fourth-order valence-electron chi connectivity index (χ4n) is 3.41. The first kappa shape index (κ1) is 16.4. The van der Waals surface area contributed by atoms with Crippen LogP contribution in [0, 0.1) is 5.92 Å². The van der Waals surface area contributed by atoms with Gasteiger partial charge in [-0.2, -0.15) is 15.4 Å². The van der Waals surface area contributed by atoms with E-state index in [0.29, 0.717) is 26.0 Å². The van der Waals surface area contributed by atoms with Gasteiger partial charge in [-0.1, -0.05) is 0 Å². The minimum Gasteiger partial charge on any atom is -0.383 e. The number of H-pyrrole nitrogens is 1. The van der Waals surface area contributed by atoms with E-state index < -0.39 is 9.84 Å². The number of carbonyl (C=O) groups is 1. The minimum atomic E-state index is -3.03. The van der Waals surface area contributed by atoms with Crippen molar-refractivity contribution in [1.29, 1.82) is 0 Å². The number of carbonyl (C=O) groups excluding carboxylic acids is 1. The van der Waals surface area contributed by atoms with Crippen LogP contribution in [0.15, 0.2) is 0 Å². The number of hydrogen-bond donors (Lipinski definition) is 1. The lowest BCUT2D eigenvalue weighted by molar-refractivity contribution is -0.138. The molecule has 2 aliphatic rings. The van der Waals surface area contributed by atoms with Crippen molar-refractivity contribution in [2.75, 3.05) is 31.8 Å². The number of hydrogen-bond acceptors (Lipinski definition) is 6. The Morgan fingerprint density at radius 1 is 1.35 bits per heavy atom. The van der Waals surface area contributed by atoms with Gasteiger partial charge < -0.3 is 9.64 Å². The molecule has 1 aromatic heterocycles. The molecule has 8 nitrogen and oxygen atoms in total. The molecule has 3 rings (SSSR count). The maximum atomic E-state index is 13.0. The summed E-state index contributed by atoms with van der Waals surface area (Å²) in [7, 11) is -1.45. The second kappa shape index (κ2) is 6.56. The lowest BCUT2D eigenvalue weighted by atomic mass is 9.88. The number of methoxy groups -OCH3 is 1. The maximum absolute atomic E-state index is 13.0. The predicted molar refractivity (Wildman–Crippen MR) is 82.5 cm³/mol. The smallest absolute Gasteiger partial charge is 0.226 e. The molecule has 128 valence electrons. The van der Waals surface area contributed by atoms with Crippen LogP contribution >= 0.6 is 0 Å². The molecule has 0 aromatic carbocycles. The molecule has 0 bridgehead atoms. The first-order chi connectivity index (χ1) is 11.0. The zero-order valence-electron chi connectivity index (χ0n) is 13.2. The van der Waals surface area contributed by atoms with E-state index in [1.54, 1.807) is 12.0 Å². The molecule has 2 unspecified atom stereocenters. The first-order valence-electron chi connectivity index (χ1n) is 7.88. The molecular weight excluding hydrogens is 320 g/mol. The van der Waals surface area contributed by atoms with Crippen LogP contribution < -0.4 is 0 Å². The molecule has 0 radical (unpaired) electrons. The van der Waals surface area contributed by atoms with Crippen molar-refractivity contribution in [2.24, 2.45) is 5.92 Å². The van der Waals surface area contributed by atoms with E-state index in [1.165, 1.54) is 0 Å². The number of amides is 1. The van der Waals surface area contributed by atoms with E-state index in [1.807, 2.05) is 0 Å². The van der Waals surface area contributed by atoms with E-state index in [2.05, 4.69) is 15.4 Å². The van der Waals surface area contributed by atoms with E-state index in [0.717, 1.165) is 24.2 Å². The molecule has 1 aromatic rings. The van der Waals surface area contributed by atoms with Crippen LogP contribution in [0.3, 0.4) is 0 Å².